The first kappa shape index (κ1) is 15.3. The quantitative estimate of drug-likeness (QED) is 0.917. The second-order valence-electron chi connectivity index (χ2n) is 6.93. The van der Waals surface area contributed by atoms with Crippen molar-refractivity contribution in [2.24, 2.45) is 0 Å². The molecule has 2 aliphatic heterocycles. The number of likely N-dealkylation sites (tertiary alicyclic amines) is 1. The molecule has 124 valence electrons. The first-order valence-electron chi connectivity index (χ1n) is 8.47. The van der Waals surface area contributed by atoms with Gasteiger partial charge in [-0.3, -0.25) is 10.1 Å². The van der Waals surface area contributed by atoms with Gasteiger partial charge in [0.15, 0.2) is 0 Å². The van der Waals surface area contributed by atoms with E-state index in [9.17, 15) is 9.18 Å². The first-order valence-corrected chi connectivity index (χ1v) is 8.47. The maximum atomic E-state index is 13.5. The highest BCUT2D eigenvalue weighted by molar-refractivity contribution is 5.88. The number of carbonyl (C=O) groups excluding carboxylic acids is 1. The lowest BCUT2D eigenvalue weighted by Crippen LogP contribution is -2.47. The highest BCUT2D eigenvalue weighted by Crippen LogP contribution is 2.39. The lowest BCUT2D eigenvalue weighted by Gasteiger charge is -2.23. The van der Waals surface area contributed by atoms with Crippen LogP contribution >= 0.6 is 0 Å². The molecule has 0 saturated carbocycles. The van der Waals surface area contributed by atoms with Crippen molar-refractivity contribution in [3.05, 3.63) is 59.9 Å². The molecule has 2 aromatic carbocycles. The number of nitrogens with one attached hydrogen (secondary N) is 1. The molecule has 2 atom stereocenters. The maximum Gasteiger partial charge on any atom is 0.242 e. The normalized spacial score (nSPS) is 26.5. The van der Waals surface area contributed by atoms with Crippen molar-refractivity contribution in [2.75, 3.05) is 13.6 Å². The van der Waals surface area contributed by atoms with Crippen LogP contribution in [0.15, 0.2) is 48.5 Å². The van der Waals surface area contributed by atoms with Gasteiger partial charge in [-0.05, 0) is 54.2 Å². The minimum atomic E-state index is -0.381. The van der Waals surface area contributed by atoms with Gasteiger partial charge in [0.25, 0.3) is 0 Å². The van der Waals surface area contributed by atoms with Gasteiger partial charge in [-0.2, -0.15) is 0 Å². The molecular formula is C20H21FN2O. The summed E-state index contributed by atoms with van der Waals surface area (Å²) in [5.41, 5.74) is 2.66. The van der Waals surface area contributed by atoms with Gasteiger partial charge >= 0.3 is 0 Å². The van der Waals surface area contributed by atoms with Gasteiger partial charge in [-0.1, -0.05) is 30.3 Å². The molecule has 0 unspecified atom stereocenters. The van der Waals surface area contributed by atoms with Crippen molar-refractivity contribution in [3.8, 4) is 11.1 Å². The van der Waals surface area contributed by atoms with Gasteiger partial charge < -0.3 is 4.90 Å². The number of hydrogen-bond acceptors (Lipinski definition) is 2. The number of hydrogen-bond donors (Lipinski definition) is 1. The standard InChI is InChI=1S/C20H21FN2O/c1-23-11-10-20(19(23)24)9-8-18(22-20)16-6-2-4-14(12-16)15-5-3-7-17(21)13-15/h2-7,12-13,18,22H,8-11H2,1H3/t18-,20-/m1/s1. The summed E-state index contributed by atoms with van der Waals surface area (Å²) in [4.78, 5) is 14.3. The third-order valence-electron chi connectivity index (χ3n) is 5.39. The van der Waals surface area contributed by atoms with Crippen LogP contribution in [0.2, 0.25) is 0 Å². The predicted molar refractivity (Wildman–Crippen MR) is 91.9 cm³/mol. The number of carbonyl (C=O) groups is 1. The van der Waals surface area contributed by atoms with Gasteiger partial charge in [-0.25, -0.2) is 4.39 Å². The van der Waals surface area contributed by atoms with E-state index in [-0.39, 0.29) is 23.3 Å². The minimum Gasteiger partial charge on any atom is -0.344 e. The molecule has 4 heteroatoms. The Hall–Kier alpha value is -2.20. The van der Waals surface area contributed by atoms with E-state index < -0.39 is 0 Å². The van der Waals surface area contributed by atoms with Crippen LogP contribution < -0.4 is 5.32 Å². The van der Waals surface area contributed by atoms with Crippen LogP contribution in [0.3, 0.4) is 0 Å². The monoisotopic (exact) mass is 324 g/mol. The molecule has 2 aromatic rings. The van der Waals surface area contributed by atoms with Crippen molar-refractivity contribution in [3.63, 3.8) is 0 Å². The van der Waals surface area contributed by atoms with Gasteiger partial charge in [0, 0.05) is 19.6 Å². The van der Waals surface area contributed by atoms with Gasteiger partial charge in [-0.15, -0.1) is 0 Å². The third kappa shape index (κ3) is 2.51. The summed E-state index contributed by atoms with van der Waals surface area (Å²) in [5.74, 6) is -0.0123. The number of benzene rings is 2. The number of halogens is 1. The van der Waals surface area contributed by atoms with E-state index in [0.29, 0.717) is 0 Å². The maximum absolute atomic E-state index is 13.5. The van der Waals surface area contributed by atoms with Crippen LogP contribution in [-0.2, 0) is 4.79 Å². The lowest BCUT2D eigenvalue weighted by atomic mass is 9.95. The number of amides is 1. The van der Waals surface area contributed by atoms with Crippen molar-refractivity contribution in [1.82, 2.24) is 10.2 Å². The van der Waals surface area contributed by atoms with E-state index in [1.54, 1.807) is 12.1 Å². The van der Waals surface area contributed by atoms with Crippen LogP contribution in [0.5, 0.6) is 0 Å². The average Bonchev–Trinajstić information content (AvgIpc) is 3.15. The molecule has 4 rings (SSSR count). The summed E-state index contributed by atoms with van der Waals surface area (Å²) in [6.07, 6.45) is 2.71. The molecule has 1 N–H and O–H groups in total. The van der Waals surface area contributed by atoms with E-state index in [0.717, 1.165) is 42.5 Å². The van der Waals surface area contributed by atoms with Crippen LogP contribution in [0.4, 0.5) is 4.39 Å². The molecule has 2 fully saturated rings. The Morgan fingerprint density at radius 1 is 1.12 bits per heavy atom. The molecule has 0 aromatic heterocycles. The summed E-state index contributed by atoms with van der Waals surface area (Å²) in [7, 11) is 1.87. The zero-order chi connectivity index (χ0) is 16.7. The van der Waals surface area contributed by atoms with Crippen molar-refractivity contribution < 1.29 is 9.18 Å². The van der Waals surface area contributed by atoms with Crippen LogP contribution in [-0.4, -0.2) is 29.9 Å². The Morgan fingerprint density at radius 2 is 1.88 bits per heavy atom. The Labute approximate surface area is 141 Å². The summed E-state index contributed by atoms with van der Waals surface area (Å²) < 4.78 is 13.5. The van der Waals surface area contributed by atoms with E-state index in [2.05, 4.69) is 17.4 Å². The molecule has 0 radical (unpaired) electrons. The molecule has 1 amide bonds. The Balaban J connectivity index is 1.60. The van der Waals surface area contributed by atoms with E-state index >= 15 is 0 Å². The molecule has 2 aliphatic rings. The van der Waals surface area contributed by atoms with E-state index in [4.69, 9.17) is 0 Å². The Morgan fingerprint density at radius 3 is 2.58 bits per heavy atom. The van der Waals surface area contributed by atoms with Gasteiger partial charge in [0.2, 0.25) is 5.91 Å². The fraction of sp³-hybridized carbons (Fsp3) is 0.350. The van der Waals surface area contributed by atoms with Crippen LogP contribution in [0.1, 0.15) is 30.9 Å². The van der Waals surface area contributed by atoms with Gasteiger partial charge in [0.05, 0.1) is 0 Å². The summed E-state index contributed by atoms with van der Waals surface area (Å²) in [5, 5.41) is 3.59. The molecule has 0 bridgehead atoms. The zero-order valence-corrected chi connectivity index (χ0v) is 13.8. The van der Waals surface area contributed by atoms with E-state index in [1.165, 1.54) is 6.07 Å². The van der Waals surface area contributed by atoms with E-state index in [1.807, 2.05) is 30.1 Å². The molecule has 0 aliphatic carbocycles. The third-order valence-corrected chi connectivity index (χ3v) is 5.39. The smallest absolute Gasteiger partial charge is 0.242 e. The molecule has 2 heterocycles. The van der Waals surface area contributed by atoms with Crippen molar-refractivity contribution >= 4 is 5.91 Å². The number of nitrogens with zero attached hydrogens (tertiary/aromatic N) is 1. The lowest BCUT2D eigenvalue weighted by molar-refractivity contribution is -0.131. The topological polar surface area (TPSA) is 32.3 Å². The largest absolute Gasteiger partial charge is 0.344 e. The first-order chi connectivity index (χ1) is 11.6. The minimum absolute atomic E-state index is 0.175. The highest BCUT2D eigenvalue weighted by atomic mass is 19.1. The predicted octanol–water partition coefficient (Wildman–Crippen LogP) is 3.52. The van der Waals surface area contributed by atoms with Crippen LogP contribution in [0, 0.1) is 5.82 Å². The Kier molecular flexibility index (Phi) is 3.65. The number of likely N-dealkylation sites (N-methyl/N-ethyl adjacent to an activating group) is 1. The Bertz CT molecular complexity index is 791. The van der Waals surface area contributed by atoms with Crippen molar-refractivity contribution in [1.29, 1.82) is 0 Å². The summed E-state index contributed by atoms with van der Waals surface area (Å²) in [6.45, 7) is 0.821. The second-order valence-corrected chi connectivity index (χ2v) is 6.93. The number of rotatable bonds is 2. The van der Waals surface area contributed by atoms with Crippen molar-refractivity contribution in [2.45, 2.75) is 30.8 Å². The summed E-state index contributed by atoms with van der Waals surface area (Å²) in [6, 6.07) is 15.0. The average molecular weight is 324 g/mol. The van der Waals surface area contributed by atoms with Crippen LogP contribution in [0.25, 0.3) is 11.1 Å². The molecule has 2 saturated heterocycles. The zero-order valence-electron chi connectivity index (χ0n) is 13.8. The van der Waals surface area contributed by atoms with Gasteiger partial charge in [0.1, 0.15) is 11.4 Å². The highest BCUT2D eigenvalue weighted by Gasteiger charge is 2.49. The molecule has 3 nitrogen and oxygen atoms in total. The second kappa shape index (κ2) is 5.71. The summed E-state index contributed by atoms with van der Waals surface area (Å²) >= 11 is 0. The molecule has 1 spiro atoms. The SMILES string of the molecule is CN1CC[C@]2(CC[C@H](c3cccc(-c4cccc(F)c4)c3)N2)C1=O. The fourth-order valence-corrected chi connectivity index (χ4v) is 4.02. The molecular weight excluding hydrogens is 303 g/mol. The molecule has 24 heavy (non-hydrogen) atoms. The fourth-order valence-electron chi connectivity index (χ4n) is 4.02.